The van der Waals surface area contributed by atoms with Crippen LogP contribution in [0.25, 0.3) is 0 Å². The third-order valence-corrected chi connectivity index (χ3v) is 8.39. The van der Waals surface area contributed by atoms with Crippen molar-refractivity contribution in [2.75, 3.05) is 18.4 Å². The lowest BCUT2D eigenvalue weighted by atomic mass is 9.89. The number of nitriles is 1. The van der Waals surface area contributed by atoms with E-state index in [1.165, 1.54) is 24.3 Å². The molecule has 2 atom stereocenters. The van der Waals surface area contributed by atoms with Crippen molar-refractivity contribution in [3.63, 3.8) is 0 Å². The van der Waals surface area contributed by atoms with Crippen LogP contribution in [0.15, 0.2) is 77.7 Å². The van der Waals surface area contributed by atoms with Gasteiger partial charge in [0.25, 0.3) is 0 Å². The number of likely N-dealkylation sites (tertiary alicyclic amines) is 1. The third kappa shape index (κ3) is 4.98. The van der Waals surface area contributed by atoms with E-state index in [9.17, 15) is 18.0 Å². The van der Waals surface area contributed by atoms with Crippen LogP contribution in [0, 0.1) is 18.3 Å². The van der Waals surface area contributed by atoms with Gasteiger partial charge in [-0.15, -0.1) is 0 Å². The van der Waals surface area contributed by atoms with E-state index in [0.29, 0.717) is 24.2 Å². The van der Waals surface area contributed by atoms with Crippen molar-refractivity contribution in [2.24, 2.45) is 0 Å². The molecule has 1 saturated heterocycles. The summed E-state index contributed by atoms with van der Waals surface area (Å²) in [6, 6.07) is 21.2. The van der Waals surface area contributed by atoms with Gasteiger partial charge in [-0.25, -0.2) is 13.2 Å². The summed E-state index contributed by atoms with van der Waals surface area (Å²) in [4.78, 5) is 27.7. The highest BCUT2D eigenvalue weighted by Crippen LogP contribution is 2.43. The van der Waals surface area contributed by atoms with Crippen LogP contribution in [-0.2, 0) is 31.6 Å². The number of carbonyl (C=O) groups is 2. The van der Waals surface area contributed by atoms with E-state index in [1.807, 2.05) is 61.5 Å². The molecule has 3 aromatic carbocycles. The smallest absolute Gasteiger partial charge is 0.412 e. The molecule has 2 N–H and O–H groups in total. The van der Waals surface area contributed by atoms with E-state index in [1.54, 1.807) is 4.90 Å². The molecule has 3 aromatic rings. The minimum Gasteiger partial charge on any atom is -0.436 e. The minimum absolute atomic E-state index is 0.0445. The summed E-state index contributed by atoms with van der Waals surface area (Å²) in [5.74, 6) is -0.410. The fourth-order valence-electron chi connectivity index (χ4n) is 5.00. The molecule has 0 aromatic heterocycles. The van der Waals surface area contributed by atoms with Gasteiger partial charge in [-0.1, -0.05) is 42.0 Å². The second kappa shape index (κ2) is 9.93. The molecule has 10 heteroatoms. The molecule has 194 valence electrons. The Morgan fingerprint density at radius 3 is 2.61 bits per heavy atom. The quantitative estimate of drug-likeness (QED) is 0.502. The summed E-state index contributed by atoms with van der Waals surface area (Å²) in [7, 11) is -4.08. The number of anilines is 1. The maximum absolute atomic E-state index is 13.8. The summed E-state index contributed by atoms with van der Waals surface area (Å²) < 4.78 is 34.9. The molecular weight excluding hydrogens is 504 g/mol. The molecule has 2 amide bonds. The highest BCUT2D eigenvalue weighted by molar-refractivity contribution is 7.89. The number of carbonyl (C=O) groups excluding carboxylic acids is 2. The average Bonchev–Trinajstić information content (AvgIpc) is 3.33. The number of hydrogen-bond acceptors (Lipinski definition) is 6. The van der Waals surface area contributed by atoms with Gasteiger partial charge >= 0.3 is 6.09 Å². The Labute approximate surface area is 221 Å². The first kappa shape index (κ1) is 25.4. The second-order valence-electron chi connectivity index (χ2n) is 9.57. The Balaban J connectivity index is 1.43. The fourth-order valence-corrected chi connectivity index (χ4v) is 6.19. The number of amides is 2. The van der Waals surface area contributed by atoms with E-state index in [2.05, 4.69) is 10.0 Å². The van der Waals surface area contributed by atoms with Gasteiger partial charge in [0.15, 0.2) is 5.60 Å². The number of sulfonamides is 1. The first-order chi connectivity index (χ1) is 18.2. The predicted molar refractivity (Wildman–Crippen MR) is 140 cm³/mol. The second-order valence-corrected chi connectivity index (χ2v) is 11.3. The largest absolute Gasteiger partial charge is 0.436 e. The van der Waals surface area contributed by atoms with Crippen LogP contribution in [0.3, 0.4) is 0 Å². The summed E-state index contributed by atoms with van der Waals surface area (Å²) in [5, 5.41) is 11.8. The molecule has 0 saturated carbocycles. The molecule has 9 nitrogen and oxygen atoms in total. The van der Waals surface area contributed by atoms with E-state index < -0.39 is 33.7 Å². The summed E-state index contributed by atoms with van der Waals surface area (Å²) in [6.07, 6.45) is -0.0586. The maximum atomic E-state index is 13.8. The zero-order valence-corrected chi connectivity index (χ0v) is 21.5. The zero-order chi connectivity index (χ0) is 26.9. The molecule has 2 heterocycles. The lowest BCUT2D eigenvalue weighted by molar-refractivity contribution is -0.133. The van der Waals surface area contributed by atoms with Gasteiger partial charge < -0.3 is 9.64 Å². The van der Waals surface area contributed by atoms with Crippen molar-refractivity contribution in [3.8, 4) is 6.07 Å². The molecule has 0 aliphatic carbocycles. The number of ether oxygens (including phenoxy) is 1. The Morgan fingerprint density at radius 1 is 1.16 bits per heavy atom. The van der Waals surface area contributed by atoms with Gasteiger partial charge in [0.2, 0.25) is 15.9 Å². The molecular formula is C28H26N4O5S. The summed E-state index contributed by atoms with van der Waals surface area (Å²) in [6.45, 7) is 2.35. The Kier molecular flexibility index (Phi) is 6.65. The molecule has 2 aliphatic heterocycles. The topological polar surface area (TPSA) is 129 Å². The third-order valence-electron chi connectivity index (χ3n) is 6.91. The SMILES string of the molecule is Cc1ccc2c(c1)C1(CCN(C(=O)[C@H](Cc3ccccc3)NS(=O)(=O)c3ccc(C#N)cc3)C1)OC(=O)N2. The van der Waals surface area contributed by atoms with E-state index >= 15 is 0 Å². The van der Waals surface area contributed by atoms with Gasteiger partial charge in [0.05, 0.1) is 28.8 Å². The van der Waals surface area contributed by atoms with Crippen LogP contribution in [-0.4, -0.2) is 44.4 Å². The maximum Gasteiger partial charge on any atom is 0.412 e. The lowest BCUT2D eigenvalue weighted by Crippen LogP contribution is -2.50. The van der Waals surface area contributed by atoms with Gasteiger partial charge in [0, 0.05) is 18.5 Å². The van der Waals surface area contributed by atoms with Crippen LogP contribution in [0.1, 0.15) is 28.7 Å². The highest BCUT2D eigenvalue weighted by atomic mass is 32.2. The van der Waals surface area contributed by atoms with Crippen LogP contribution >= 0.6 is 0 Å². The predicted octanol–water partition coefficient (Wildman–Crippen LogP) is 3.45. The molecule has 1 unspecified atom stereocenters. The number of rotatable bonds is 6. The molecule has 1 spiro atoms. The highest BCUT2D eigenvalue weighted by Gasteiger charge is 2.49. The average molecular weight is 531 g/mol. The van der Waals surface area contributed by atoms with Crippen LogP contribution in [0.4, 0.5) is 10.5 Å². The molecule has 0 bridgehead atoms. The first-order valence-corrected chi connectivity index (χ1v) is 13.6. The fraction of sp³-hybridized carbons (Fsp3) is 0.250. The molecule has 1 fully saturated rings. The van der Waals surface area contributed by atoms with Gasteiger partial charge in [0.1, 0.15) is 6.04 Å². The van der Waals surface area contributed by atoms with Gasteiger partial charge in [-0.05, 0) is 55.3 Å². The van der Waals surface area contributed by atoms with E-state index in [0.717, 1.165) is 16.7 Å². The van der Waals surface area contributed by atoms with Crippen LogP contribution in [0.2, 0.25) is 0 Å². The number of aryl methyl sites for hydroxylation is 1. The molecule has 0 radical (unpaired) electrons. The Hall–Kier alpha value is -4.20. The van der Waals surface area contributed by atoms with Crippen molar-refractivity contribution in [2.45, 2.75) is 36.3 Å². The van der Waals surface area contributed by atoms with Crippen LogP contribution in [0.5, 0.6) is 0 Å². The zero-order valence-electron chi connectivity index (χ0n) is 20.7. The van der Waals surface area contributed by atoms with Crippen molar-refractivity contribution < 1.29 is 22.7 Å². The van der Waals surface area contributed by atoms with Gasteiger partial charge in [-0.3, -0.25) is 10.1 Å². The number of nitrogens with zero attached hydrogens (tertiary/aromatic N) is 2. The Bertz CT molecular complexity index is 1530. The van der Waals surface area contributed by atoms with Gasteiger partial charge in [-0.2, -0.15) is 9.98 Å². The molecule has 2 aliphatic rings. The van der Waals surface area contributed by atoms with Crippen LogP contribution < -0.4 is 10.0 Å². The number of fused-ring (bicyclic) bond motifs is 2. The summed E-state index contributed by atoms with van der Waals surface area (Å²) >= 11 is 0. The number of nitrogens with one attached hydrogen (secondary N) is 2. The Morgan fingerprint density at radius 2 is 1.89 bits per heavy atom. The van der Waals surface area contributed by atoms with E-state index in [-0.39, 0.29) is 17.9 Å². The first-order valence-electron chi connectivity index (χ1n) is 12.2. The van der Waals surface area contributed by atoms with Crippen molar-refractivity contribution in [1.29, 1.82) is 5.26 Å². The minimum atomic E-state index is -4.08. The molecule has 38 heavy (non-hydrogen) atoms. The summed E-state index contributed by atoms with van der Waals surface area (Å²) in [5.41, 5.74) is 2.54. The van der Waals surface area contributed by atoms with Crippen molar-refractivity contribution >= 4 is 27.7 Å². The standard InChI is InChI=1S/C28H26N4O5S/c1-19-7-12-24-23(15-19)28(37-27(34)30-24)13-14-32(18-28)26(33)25(16-20-5-3-2-4-6-20)31-38(35,36)22-10-8-21(17-29)9-11-22/h2-12,15,25,31H,13-14,16,18H2,1H3,(H,30,34)/t25-,28?/m0/s1. The lowest BCUT2D eigenvalue weighted by Gasteiger charge is -2.36. The molecule has 5 rings (SSSR count). The normalized spacial score (nSPS) is 19.3. The van der Waals surface area contributed by atoms with E-state index in [4.69, 9.17) is 10.00 Å². The van der Waals surface area contributed by atoms with Crippen molar-refractivity contribution in [1.82, 2.24) is 9.62 Å². The number of hydrogen-bond donors (Lipinski definition) is 2. The monoisotopic (exact) mass is 530 g/mol. The number of benzene rings is 3. The van der Waals surface area contributed by atoms with Crippen molar-refractivity contribution in [3.05, 3.63) is 95.1 Å².